The molecule has 0 unspecified atom stereocenters. The number of benzene rings is 1. The summed E-state index contributed by atoms with van der Waals surface area (Å²) in [5.74, 6) is -1.72. The molecule has 0 atom stereocenters. The third-order valence-corrected chi connectivity index (χ3v) is 2.20. The molecule has 1 aromatic carbocycles. The molecule has 1 saturated heterocycles. The van der Waals surface area contributed by atoms with Gasteiger partial charge < -0.3 is 5.21 Å². The number of hydrogen-bond acceptors (Lipinski definition) is 4. The Balaban J connectivity index is 2.27. The van der Waals surface area contributed by atoms with E-state index in [0.29, 0.717) is 5.56 Å². The summed E-state index contributed by atoms with van der Waals surface area (Å²) in [5.41, 5.74) is 0.349. The molecule has 0 radical (unpaired) electrons. The van der Waals surface area contributed by atoms with E-state index in [1.807, 2.05) is 0 Å². The molecule has 2 rings (SSSR count). The van der Waals surface area contributed by atoms with Crippen molar-refractivity contribution in [1.82, 2.24) is 0 Å². The van der Waals surface area contributed by atoms with E-state index >= 15 is 0 Å². The summed E-state index contributed by atoms with van der Waals surface area (Å²) in [6.45, 7) is 1.26. The fraction of sp³-hybridized carbons (Fsp3) is 0.300. The average Bonchev–Trinajstić information content (AvgIpc) is 2.17. The fourth-order valence-electron chi connectivity index (χ4n) is 1.56. The lowest BCUT2D eigenvalue weighted by molar-refractivity contribution is -0.574. The molecule has 1 heterocycles. The Morgan fingerprint density at radius 3 is 2.25 bits per heavy atom. The Morgan fingerprint density at radius 2 is 1.81 bits per heavy atom. The van der Waals surface area contributed by atoms with E-state index < -0.39 is 12.1 Å². The van der Waals surface area contributed by atoms with Gasteiger partial charge in [0.1, 0.15) is 5.71 Å². The number of halogens is 2. The maximum Gasteiger partial charge on any atom is 0.491 e. The van der Waals surface area contributed by atoms with Gasteiger partial charge in [-0.1, -0.05) is 35.5 Å². The summed E-state index contributed by atoms with van der Waals surface area (Å²) < 4.78 is 33.5. The first kappa shape index (κ1) is 11.0. The predicted octanol–water partition coefficient (Wildman–Crippen LogP) is 2.18. The minimum Gasteiger partial charge on any atom is -0.410 e. The van der Waals surface area contributed by atoms with Gasteiger partial charge in [-0.15, -0.1) is 8.78 Å². The molecule has 0 aliphatic carbocycles. The van der Waals surface area contributed by atoms with Crippen LogP contribution in [-0.4, -0.2) is 23.0 Å². The zero-order valence-electron chi connectivity index (χ0n) is 8.35. The van der Waals surface area contributed by atoms with Crippen molar-refractivity contribution in [2.45, 2.75) is 19.0 Å². The summed E-state index contributed by atoms with van der Waals surface area (Å²) in [6, 6.07) is 8.31. The Hall–Kier alpha value is -1.53. The first-order valence-electron chi connectivity index (χ1n) is 4.53. The molecule has 0 amide bonds. The number of rotatable bonds is 2. The van der Waals surface area contributed by atoms with Gasteiger partial charge in [0.2, 0.25) is 5.79 Å². The monoisotopic (exact) mass is 229 g/mol. The van der Waals surface area contributed by atoms with Crippen LogP contribution < -0.4 is 0 Å². The van der Waals surface area contributed by atoms with Crippen molar-refractivity contribution in [1.29, 1.82) is 0 Å². The molecular weight excluding hydrogens is 220 g/mol. The first-order valence-corrected chi connectivity index (χ1v) is 4.53. The Labute approximate surface area is 90.1 Å². The van der Waals surface area contributed by atoms with Crippen molar-refractivity contribution in [2.75, 3.05) is 0 Å². The SMILES string of the molecule is CC1(C(=NO)c2ccccc2)OC(F)(F)O1. The highest BCUT2D eigenvalue weighted by Crippen LogP contribution is 2.42. The summed E-state index contributed by atoms with van der Waals surface area (Å²) in [6.07, 6.45) is -3.63. The van der Waals surface area contributed by atoms with Crippen molar-refractivity contribution in [3.05, 3.63) is 35.9 Å². The molecule has 6 heteroatoms. The molecule has 0 bridgehead atoms. The van der Waals surface area contributed by atoms with Gasteiger partial charge in [0.05, 0.1) is 0 Å². The van der Waals surface area contributed by atoms with Crippen molar-refractivity contribution < 1.29 is 23.5 Å². The van der Waals surface area contributed by atoms with E-state index in [2.05, 4.69) is 14.6 Å². The summed E-state index contributed by atoms with van der Waals surface area (Å²) >= 11 is 0. The zero-order chi connectivity index (χ0) is 11.8. The van der Waals surface area contributed by atoms with Crippen LogP contribution in [0, 0.1) is 0 Å². The molecule has 1 aliphatic heterocycles. The van der Waals surface area contributed by atoms with Crippen LogP contribution in [0.1, 0.15) is 12.5 Å². The topological polar surface area (TPSA) is 51.1 Å². The first-order chi connectivity index (χ1) is 7.47. The highest BCUT2D eigenvalue weighted by molar-refractivity contribution is 6.05. The average molecular weight is 229 g/mol. The molecule has 86 valence electrons. The molecule has 0 aromatic heterocycles. The van der Waals surface area contributed by atoms with Crippen LogP contribution in [0.4, 0.5) is 8.78 Å². The summed E-state index contributed by atoms with van der Waals surface area (Å²) in [7, 11) is 0. The van der Waals surface area contributed by atoms with Crippen molar-refractivity contribution in [2.24, 2.45) is 5.16 Å². The maximum absolute atomic E-state index is 12.5. The van der Waals surface area contributed by atoms with E-state index in [0.717, 1.165) is 0 Å². The molecule has 0 spiro atoms. The second-order valence-electron chi connectivity index (χ2n) is 3.43. The third-order valence-electron chi connectivity index (χ3n) is 2.20. The highest BCUT2D eigenvalue weighted by atomic mass is 19.3. The van der Waals surface area contributed by atoms with Gasteiger partial charge in [0, 0.05) is 5.56 Å². The van der Waals surface area contributed by atoms with Gasteiger partial charge in [0.15, 0.2) is 0 Å². The minimum absolute atomic E-state index is 0.0981. The number of alkyl halides is 2. The van der Waals surface area contributed by atoms with Crippen molar-refractivity contribution in [3.8, 4) is 0 Å². The van der Waals surface area contributed by atoms with Gasteiger partial charge >= 0.3 is 6.29 Å². The Kier molecular flexibility index (Phi) is 2.40. The molecule has 4 nitrogen and oxygen atoms in total. The second-order valence-corrected chi connectivity index (χ2v) is 3.43. The van der Waals surface area contributed by atoms with Crippen LogP contribution in [0.25, 0.3) is 0 Å². The van der Waals surface area contributed by atoms with Gasteiger partial charge in [-0.3, -0.25) is 9.47 Å². The van der Waals surface area contributed by atoms with E-state index in [1.54, 1.807) is 30.3 Å². The molecule has 1 N–H and O–H groups in total. The second kappa shape index (κ2) is 3.50. The molecular formula is C10H9F2NO3. The summed E-state index contributed by atoms with van der Waals surface area (Å²) in [4.78, 5) is 0. The predicted molar refractivity (Wildman–Crippen MR) is 50.3 cm³/mol. The Bertz CT molecular complexity index is 411. The maximum atomic E-state index is 12.5. The number of oxime groups is 1. The largest absolute Gasteiger partial charge is 0.491 e. The quantitative estimate of drug-likeness (QED) is 0.480. The number of nitrogens with zero attached hydrogens (tertiary/aromatic N) is 1. The molecule has 1 aliphatic rings. The molecule has 0 saturated carbocycles. The lowest BCUT2D eigenvalue weighted by Crippen LogP contribution is -2.61. The van der Waals surface area contributed by atoms with Crippen LogP contribution in [0.15, 0.2) is 35.5 Å². The zero-order valence-corrected chi connectivity index (χ0v) is 8.35. The summed E-state index contributed by atoms with van der Waals surface area (Å²) in [5, 5.41) is 11.8. The van der Waals surface area contributed by atoms with Crippen LogP contribution in [0.3, 0.4) is 0 Å². The highest BCUT2D eigenvalue weighted by Gasteiger charge is 2.61. The lowest BCUT2D eigenvalue weighted by Gasteiger charge is -2.43. The van der Waals surface area contributed by atoms with Crippen molar-refractivity contribution >= 4 is 5.71 Å². The third kappa shape index (κ3) is 1.77. The van der Waals surface area contributed by atoms with E-state index in [1.165, 1.54) is 6.92 Å². The molecule has 1 fully saturated rings. The Morgan fingerprint density at radius 1 is 1.25 bits per heavy atom. The molecule has 16 heavy (non-hydrogen) atoms. The van der Waals surface area contributed by atoms with Gasteiger partial charge in [-0.25, -0.2) is 0 Å². The van der Waals surface area contributed by atoms with E-state index in [9.17, 15) is 8.78 Å². The van der Waals surface area contributed by atoms with Gasteiger partial charge in [0.25, 0.3) is 0 Å². The van der Waals surface area contributed by atoms with Crippen molar-refractivity contribution in [3.63, 3.8) is 0 Å². The van der Waals surface area contributed by atoms with Crippen LogP contribution in [0.5, 0.6) is 0 Å². The van der Waals surface area contributed by atoms with Crippen LogP contribution >= 0.6 is 0 Å². The number of hydrogen-bond donors (Lipinski definition) is 1. The van der Waals surface area contributed by atoms with E-state index in [4.69, 9.17) is 5.21 Å². The standard InChI is InChI=1S/C10H9F2NO3/c1-9(15-10(11,12)16-9)8(13-14)7-5-3-2-4-6-7/h2-6,14H,1H3. The molecule has 1 aromatic rings. The van der Waals surface area contributed by atoms with Gasteiger partial charge in [-0.05, 0) is 6.92 Å². The van der Waals surface area contributed by atoms with E-state index in [-0.39, 0.29) is 5.71 Å². The number of ether oxygens (including phenoxy) is 2. The van der Waals surface area contributed by atoms with Gasteiger partial charge in [-0.2, -0.15) is 0 Å². The van der Waals surface area contributed by atoms with Crippen LogP contribution in [-0.2, 0) is 9.47 Å². The fourth-order valence-corrected chi connectivity index (χ4v) is 1.56. The van der Waals surface area contributed by atoms with Crippen LogP contribution in [0.2, 0.25) is 0 Å². The minimum atomic E-state index is -3.63. The lowest BCUT2D eigenvalue weighted by atomic mass is 10.0. The normalized spacial score (nSPS) is 22.6. The smallest absolute Gasteiger partial charge is 0.410 e.